The van der Waals surface area contributed by atoms with Gasteiger partial charge in [-0.3, -0.25) is 10.4 Å². The number of nitrogens with one attached hydrogen (secondary N) is 1. The van der Waals surface area contributed by atoms with Crippen molar-refractivity contribution in [3.8, 4) is 5.75 Å². The summed E-state index contributed by atoms with van der Waals surface area (Å²) in [7, 11) is 2.73. The Hall–Kier alpha value is -2.70. The van der Waals surface area contributed by atoms with Crippen LogP contribution in [0.1, 0.15) is 12.0 Å². The van der Waals surface area contributed by atoms with Crippen LogP contribution in [-0.4, -0.2) is 42.7 Å². The summed E-state index contributed by atoms with van der Waals surface area (Å²) in [5, 5.41) is 16.0. The van der Waals surface area contributed by atoms with Crippen molar-refractivity contribution in [1.82, 2.24) is 0 Å². The largest absolute Gasteiger partial charge is 0.497 e. The van der Waals surface area contributed by atoms with E-state index in [9.17, 15) is 9.59 Å². The minimum Gasteiger partial charge on any atom is -0.497 e. The predicted octanol–water partition coefficient (Wildman–Crippen LogP) is 1.30. The Kier molecular flexibility index (Phi) is 6.06. The number of carboxylic acids is 1. The number of esters is 1. The molecule has 7 heteroatoms. The summed E-state index contributed by atoms with van der Waals surface area (Å²) in [5.74, 6) is -1.44. The summed E-state index contributed by atoms with van der Waals surface area (Å²) in [5.41, 5.74) is 0.105. The maximum absolute atomic E-state index is 11.5. The van der Waals surface area contributed by atoms with Crippen LogP contribution in [0.15, 0.2) is 29.3 Å². The third-order valence-corrected chi connectivity index (χ3v) is 2.63. The van der Waals surface area contributed by atoms with Gasteiger partial charge in [0.05, 0.1) is 20.8 Å². The highest BCUT2D eigenvalue weighted by Gasteiger charge is 2.17. The maximum Gasteiger partial charge on any atom is 0.352 e. The molecule has 0 unspecified atom stereocenters. The van der Waals surface area contributed by atoms with Gasteiger partial charge in [0, 0.05) is 6.42 Å². The maximum atomic E-state index is 11.5. The van der Waals surface area contributed by atoms with Crippen LogP contribution in [0.3, 0.4) is 0 Å². The molecule has 1 aromatic carbocycles. The zero-order valence-corrected chi connectivity index (χ0v) is 11.8. The van der Waals surface area contributed by atoms with E-state index >= 15 is 0 Å². The normalized spacial score (nSPS) is 10.9. The van der Waals surface area contributed by atoms with E-state index in [0.29, 0.717) is 5.75 Å². The highest BCUT2D eigenvalue weighted by molar-refractivity contribution is 6.47. The Bertz CT molecular complexity index is 563. The Labute approximate surface area is 121 Å². The molecule has 1 rings (SSSR count). The second-order valence-corrected chi connectivity index (χ2v) is 4.06. The molecule has 7 nitrogen and oxygen atoms in total. The van der Waals surface area contributed by atoms with E-state index in [0.717, 1.165) is 5.56 Å². The monoisotopic (exact) mass is 292 g/mol. The minimum atomic E-state index is -1.39. The molecule has 0 saturated carbocycles. The molecule has 0 atom stereocenters. The van der Waals surface area contributed by atoms with Crippen molar-refractivity contribution in [2.75, 3.05) is 14.2 Å². The first kappa shape index (κ1) is 16.4. The van der Waals surface area contributed by atoms with Gasteiger partial charge in [0.2, 0.25) is 0 Å². The molecular weight excluding hydrogens is 276 g/mol. The number of carbonyl (C=O) groups is 2. The van der Waals surface area contributed by atoms with Crippen molar-refractivity contribution in [3.63, 3.8) is 0 Å². The summed E-state index contributed by atoms with van der Waals surface area (Å²) in [6.07, 6.45) is -0.377. The smallest absolute Gasteiger partial charge is 0.352 e. The summed E-state index contributed by atoms with van der Waals surface area (Å²) in [6.45, 7) is 0.182. The number of hydrogen-bond acceptors (Lipinski definition) is 6. The van der Waals surface area contributed by atoms with E-state index in [1.807, 2.05) is 0 Å². The second-order valence-electron chi connectivity index (χ2n) is 4.06. The molecule has 0 fully saturated rings. The Morgan fingerprint density at radius 3 is 2.33 bits per heavy atom. The number of hydrogen-bond donors (Lipinski definition) is 2. The summed E-state index contributed by atoms with van der Waals surface area (Å²) in [6, 6.07) is 7.06. The number of ether oxygens (including phenoxy) is 2. The van der Waals surface area contributed by atoms with Crippen LogP contribution in [-0.2, 0) is 20.9 Å². The first-order chi connectivity index (χ1) is 9.97. The van der Waals surface area contributed by atoms with Gasteiger partial charge in [0.1, 0.15) is 17.2 Å². The zero-order valence-electron chi connectivity index (χ0n) is 11.8. The number of carboxylic acid groups (broad SMARTS) is 1. The molecule has 1 aromatic rings. The van der Waals surface area contributed by atoms with Crippen molar-refractivity contribution < 1.29 is 24.2 Å². The van der Waals surface area contributed by atoms with Gasteiger partial charge < -0.3 is 14.6 Å². The van der Waals surface area contributed by atoms with Crippen molar-refractivity contribution in [3.05, 3.63) is 29.8 Å². The van der Waals surface area contributed by atoms with E-state index in [1.54, 1.807) is 31.4 Å². The number of nitrogens with zero attached hydrogens (tertiary/aromatic N) is 1. The highest BCUT2D eigenvalue weighted by atomic mass is 16.5. The predicted molar refractivity (Wildman–Crippen MR) is 76.1 cm³/mol. The molecule has 0 spiro atoms. The van der Waals surface area contributed by atoms with Crippen LogP contribution >= 0.6 is 0 Å². The molecule has 2 N–H and O–H groups in total. The zero-order chi connectivity index (χ0) is 15.8. The quantitative estimate of drug-likeness (QED) is 0.581. The van der Waals surface area contributed by atoms with E-state index in [1.165, 1.54) is 7.11 Å². The average molecular weight is 292 g/mol. The number of methoxy groups -OCH3 is 2. The standard InChI is InChI=1S/C14H16N2O5/c1-20-10-5-3-9(4-6-10)8-16-12(14(19)21-2)7-11(15)13(17)18/h3-6,15H,7-8H2,1-2H3,(H,17,18). The van der Waals surface area contributed by atoms with Crippen LogP contribution < -0.4 is 4.74 Å². The van der Waals surface area contributed by atoms with Gasteiger partial charge in [-0.2, -0.15) is 0 Å². The SMILES string of the molecule is COC(=O)C(CC(=N)C(=O)O)=NCc1ccc(OC)cc1. The lowest BCUT2D eigenvalue weighted by Crippen LogP contribution is -2.23. The Morgan fingerprint density at radius 2 is 1.86 bits per heavy atom. The lowest BCUT2D eigenvalue weighted by molar-refractivity contribution is -0.132. The van der Waals surface area contributed by atoms with Gasteiger partial charge in [-0.05, 0) is 17.7 Å². The van der Waals surface area contributed by atoms with E-state index < -0.39 is 17.7 Å². The Balaban J connectivity index is 2.84. The molecule has 0 aliphatic carbocycles. The topological polar surface area (TPSA) is 109 Å². The number of benzene rings is 1. The third kappa shape index (κ3) is 5.06. The molecular formula is C14H16N2O5. The summed E-state index contributed by atoms with van der Waals surface area (Å²) >= 11 is 0. The van der Waals surface area contributed by atoms with Crippen molar-refractivity contribution >= 4 is 23.4 Å². The van der Waals surface area contributed by atoms with Crippen molar-refractivity contribution in [2.45, 2.75) is 13.0 Å². The molecule has 0 amide bonds. The van der Waals surface area contributed by atoms with Gasteiger partial charge in [0.15, 0.2) is 0 Å². The van der Waals surface area contributed by atoms with E-state index in [2.05, 4.69) is 9.73 Å². The van der Waals surface area contributed by atoms with Gasteiger partial charge >= 0.3 is 11.9 Å². The molecule has 0 radical (unpaired) electrons. The van der Waals surface area contributed by atoms with Gasteiger partial charge in [0.25, 0.3) is 0 Å². The lowest BCUT2D eigenvalue weighted by Gasteiger charge is -2.05. The van der Waals surface area contributed by atoms with Gasteiger partial charge in [-0.15, -0.1) is 0 Å². The van der Waals surface area contributed by atoms with E-state index in [4.69, 9.17) is 15.3 Å². The minimum absolute atomic E-state index is 0.0966. The number of carbonyl (C=O) groups excluding carboxylic acids is 1. The first-order valence-electron chi connectivity index (χ1n) is 6.03. The van der Waals surface area contributed by atoms with Crippen LogP contribution in [0.5, 0.6) is 5.75 Å². The van der Waals surface area contributed by atoms with Crippen molar-refractivity contribution in [2.24, 2.45) is 4.99 Å². The Morgan fingerprint density at radius 1 is 1.24 bits per heavy atom. The number of rotatable bonds is 7. The van der Waals surface area contributed by atoms with Crippen LogP contribution in [0.25, 0.3) is 0 Å². The molecule has 0 saturated heterocycles. The fraction of sp³-hybridized carbons (Fsp3) is 0.286. The van der Waals surface area contributed by atoms with Crippen LogP contribution in [0, 0.1) is 5.41 Å². The third-order valence-electron chi connectivity index (χ3n) is 2.63. The lowest BCUT2D eigenvalue weighted by atomic mass is 10.1. The molecule has 112 valence electrons. The van der Waals surface area contributed by atoms with Crippen LogP contribution in [0.2, 0.25) is 0 Å². The van der Waals surface area contributed by atoms with Gasteiger partial charge in [-0.25, -0.2) is 9.59 Å². The van der Waals surface area contributed by atoms with E-state index in [-0.39, 0.29) is 18.7 Å². The second kappa shape index (κ2) is 7.78. The molecule has 0 aromatic heterocycles. The summed E-state index contributed by atoms with van der Waals surface area (Å²) < 4.78 is 9.56. The van der Waals surface area contributed by atoms with Crippen LogP contribution in [0.4, 0.5) is 0 Å². The number of aliphatic carboxylic acids is 1. The fourth-order valence-electron chi connectivity index (χ4n) is 1.47. The average Bonchev–Trinajstić information content (AvgIpc) is 2.50. The summed E-state index contributed by atoms with van der Waals surface area (Å²) in [4.78, 5) is 26.2. The highest BCUT2D eigenvalue weighted by Crippen LogP contribution is 2.12. The molecule has 0 aliphatic heterocycles. The van der Waals surface area contributed by atoms with Crippen molar-refractivity contribution in [1.29, 1.82) is 5.41 Å². The molecule has 21 heavy (non-hydrogen) atoms. The molecule has 0 heterocycles. The fourth-order valence-corrected chi connectivity index (χ4v) is 1.47. The van der Waals surface area contributed by atoms with Gasteiger partial charge in [-0.1, -0.05) is 12.1 Å². The number of aliphatic imine (C=N–C) groups is 1. The molecule has 0 bridgehead atoms. The first-order valence-corrected chi connectivity index (χ1v) is 6.03. The molecule has 0 aliphatic rings.